The second kappa shape index (κ2) is 13.0. The lowest BCUT2D eigenvalue weighted by atomic mass is 9.84. The largest absolute Gasteiger partial charge is 0.444 e. The number of alkyl carbamates (subject to hydrolysis) is 1. The van der Waals surface area contributed by atoms with Crippen molar-refractivity contribution in [2.24, 2.45) is 11.8 Å². The zero-order valence-corrected chi connectivity index (χ0v) is 21.6. The van der Waals surface area contributed by atoms with Crippen LogP contribution in [0.25, 0.3) is 0 Å². The van der Waals surface area contributed by atoms with Crippen LogP contribution in [0.4, 0.5) is 4.79 Å². The molecule has 1 fully saturated rings. The summed E-state index contributed by atoms with van der Waals surface area (Å²) in [5, 5.41) is 16.4. The van der Waals surface area contributed by atoms with Crippen LogP contribution in [0.2, 0.25) is 0 Å². The van der Waals surface area contributed by atoms with Crippen LogP contribution in [0.3, 0.4) is 0 Å². The smallest absolute Gasteiger partial charge is 0.414 e. The standard InChI is InChI=1S/C22H43N2O7P/c1-15(2)13-17(19(25)24-21(27)31-22(3,4)5)23-18(14-16-11-9-8-10-12-16)20(26)32(28,29-6)30-7/h15-18,20,23,26H,8-14H2,1-7H3,(H,24,25,27)/t17-,18?,20?/m0/s1. The first kappa shape index (κ1) is 29.0. The van der Waals surface area contributed by atoms with Gasteiger partial charge in [0, 0.05) is 20.3 Å². The first-order valence-electron chi connectivity index (χ1n) is 11.5. The first-order chi connectivity index (χ1) is 14.8. The number of amides is 2. The minimum absolute atomic E-state index is 0.126. The molecule has 0 spiro atoms. The third-order valence-electron chi connectivity index (χ3n) is 5.57. The van der Waals surface area contributed by atoms with Crippen molar-refractivity contribution in [1.29, 1.82) is 0 Å². The molecule has 0 radical (unpaired) electrons. The molecule has 10 heteroatoms. The molecule has 0 aliphatic heterocycles. The van der Waals surface area contributed by atoms with E-state index in [0.29, 0.717) is 18.8 Å². The van der Waals surface area contributed by atoms with Crippen LogP contribution in [0.1, 0.15) is 79.6 Å². The number of imide groups is 1. The van der Waals surface area contributed by atoms with Crippen LogP contribution in [-0.4, -0.2) is 54.9 Å². The molecule has 0 aromatic rings. The number of aliphatic hydroxyl groups is 1. The number of ether oxygens (including phenoxy) is 1. The van der Waals surface area contributed by atoms with Gasteiger partial charge < -0.3 is 18.9 Å². The molecule has 0 heterocycles. The van der Waals surface area contributed by atoms with E-state index in [1.165, 1.54) is 20.6 Å². The molecule has 3 N–H and O–H groups in total. The van der Waals surface area contributed by atoms with E-state index in [9.17, 15) is 19.3 Å². The van der Waals surface area contributed by atoms with Gasteiger partial charge in [-0.05, 0) is 45.4 Å². The molecule has 0 bridgehead atoms. The summed E-state index contributed by atoms with van der Waals surface area (Å²) < 4.78 is 28.2. The van der Waals surface area contributed by atoms with Gasteiger partial charge in [0.05, 0.1) is 6.04 Å². The summed E-state index contributed by atoms with van der Waals surface area (Å²) in [7, 11) is -1.35. The fourth-order valence-electron chi connectivity index (χ4n) is 4.04. The van der Waals surface area contributed by atoms with Crippen molar-refractivity contribution in [2.45, 2.75) is 103 Å². The van der Waals surface area contributed by atoms with Crippen LogP contribution in [0.5, 0.6) is 0 Å². The molecule has 3 atom stereocenters. The summed E-state index contributed by atoms with van der Waals surface area (Å²) in [6, 6.07) is -1.51. The summed E-state index contributed by atoms with van der Waals surface area (Å²) in [6.45, 7) is 9.05. The summed E-state index contributed by atoms with van der Waals surface area (Å²) in [5.74, 6) is -1.56. The molecule has 32 heavy (non-hydrogen) atoms. The lowest BCUT2D eigenvalue weighted by Crippen LogP contribution is -2.54. The number of hydrogen-bond donors (Lipinski definition) is 3. The summed E-state index contributed by atoms with van der Waals surface area (Å²) in [5.41, 5.74) is -0.741. The predicted octanol–water partition coefficient (Wildman–Crippen LogP) is 4.19. The number of hydrogen-bond acceptors (Lipinski definition) is 8. The Labute approximate surface area is 192 Å². The van der Waals surface area contributed by atoms with Gasteiger partial charge in [-0.15, -0.1) is 0 Å². The highest BCUT2D eigenvalue weighted by atomic mass is 31.2. The van der Waals surface area contributed by atoms with Crippen LogP contribution < -0.4 is 10.6 Å². The maximum Gasteiger partial charge on any atom is 0.414 e. The van der Waals surface area contributed by atoms with Crippen molar-refractivity contribution >= 4 is 19.6 Å². The Balaban J connectivity index is 3.07. The minimum atomic E-state index is -3.80. The van der Waals surface area contributed by atoms with Gasteiger partial charge >= 0.3 is 13.7 Å². The topological polar surface area (TPSA) is 123 Å². The minimum Gasteiger partial charge on any atom is -0.444 e. The van der Waals surface area contributed by atoms with Gasteiger partial charge in [-0.1, -0.05) is 46.0 Å². The normalized spacial score (nSPS) is 18.8. The summed E-state index contributed by atoms with van der Waals surface area (Å²) in [4.78, 5) is 25.1. The van der Waals surface area contributed by atoms with Crippen molar-refractivity contribution in [3.63, 3.8) is 0 Å². The van der Waals surface area contributed by atoms with E-state index >= 15 is 0 Å². The molecule has 1 rings (SSSR count). The number of carbonyl (C=O) groups is 2. The van der Waals surface area contributed by atoms with E-state index in [2.05, 4.69) is 10.6 Å². The van der Waals surface area contributed by atoms with Gasteiger partial charge in [-0.25, -0.2) is 4.79 Å². The van der Waals surface area contributed by atoms with Gasteiger partial charge in [-0.3, -0.25) is 20.0 Å². The summed E-state index contributed by atoms with van der Waals surface area (Å²) >= 11 is 0. The lowest BCUT2D eigenvalue weighted by molar-refractivity contribution is -0.123. The second-order valence-electron chi connectivity index (χ2n) is 10.0. The van der Waals surface area contributed by atoms with Crippen molar-refractivity contribution in [3.8, 4) is 0 Å². The fourth-order valence-corrected chi connectivity index (χ4v) is 5.27. The molecular weight excluding hydrogens is 435 g/mol. The Bertz CT molecular complexity index is 637. The fraction of sp³-hybridized carbons (Fsp3) is 0.909. The van der Waals surface area contributed by atoms with Crippen molar-refractivity contribution < 1.29 is 33.0 Å². The first-order valence-corrected chi connectivity index (χ1v) is 13.1. The monoisotopic (exact) mass is 478 g/mol. The van der Waals surface area contributed by atoms with Gasteiger partial charge in [0.25, 0.3) is 0 Å². The average molecular weight is 479 g/mol. The molecule has 1 aliphatic carbocycles. The third kappa shape index (κ3) is 9.87. The maximum atomic E-state index is 12.9. The molecular formula is C22H43N2O7P. The number of rotatable bonds is 11. The molecule has 0 aromatic heterocycles. The van der Waals surface area contributed by atoms with Gasteiger partial charge in [0.1, 0.15) is 5.60 Å². The Kier molecular flexibility index (Phi) is 11.8. The molecule has 2 amide bonds. The Morgan fingerprint density at radius 2 is 1.66 bits per heavy atom. The molecule has 188 valence electrons. The maximum absolute atomic E-state index is 12.9. The van der Waals surface area contributed by atoms with E-state index in [1.807, 2.05) is 13.8 Å². The van der Waals surface area contributed by atoms with Crippen LogP contribution in [0.15, 0.2) is 0 Å². The zero-order valence-electron chi connectivity index (χ0n) is 20.7. The Morgan fingerprint density at radius 1 is 1.09 bits per heavy atom. The molecule has 0 aromatic carbocycles. The molecule has 1 aliphatic rings. The SMILES string of the molecule is COP(=O)(OC)C(O)C(CC1CCCCC1)N[C@@H](CC(C)C)C(=O)NC(=O)OC(C)(C)C. The molecule has 0 saturated heterocycles. The predicted molar refractivity (Wildman–Crippen MR) is 123 cm³/mol. The van der Waals surface area contributed by atoms with E-state index < -0.39 is 43.1 Å². The van der Waals surface area contributed by atoms with Gasteiger partial charge in [-0.2, -0.15) is 0 Å². The van der Waals surface area contributed by atoms with E-state index in [1.54, 1.807) is 20.8 Å². The quantitative estimate of drug-likeness (QED) is 0.378. The van der Waals surface area contributed by atoms with E-state index in [0.717, 1.165) is 25.7 Å². The second-order valence-corrected chi connectivity index (χ2v) is 12.3. The highest BCUT2D eigenvalue weighted by Crippen LogP contribution is 2.52. The van der Waals surface area contributed by atoms with E-state index in [-0.39, 0.29) is 5.92 Å². The van der Waals surface area contributed by atoms with Crippen molar-refractivity contribution in [2.75, 3.05) is 14.2 Å². The zero-order chi connectivity index (χ0) is 24.5. The average Bonchev–Trinajstić information content (AvgIpc) is 2.70. The van der Waals surface area contributed by atoms with Gasteiger partial charge in [0.2, 0.25) is 5.91 Å². The number of carbonyl (C=O) groups excluding carboxylic acids is 2. The number of nitrogens with one attached hydrogen (secondary N) is 2. The Hall–Kier alpha value is -0.990. The van der Waals surface area contributed by atoms with Gasteiger partial charge in [0.15, 0.2) is 5.85 Å². The van der Waals surface area contributed by atoms with Crippen molar-refractivity contribution in [1.82, 2.24) is 10.6 Å². The van der Waals surface area contributed by atoms with Crippen LogP contribution >= 0.6 is 7.60 Å². The number of aliphatic hydroxyl groups excluding tert-OH is 1. The summed E-state index contributed by atoms with van der Waals surface area (Å²) in [6.07, 6.45) is 5.51. The highest BCUT2D eigenvalue weighted by Gasteiger charge is 2.41. The van der Waals surface area contributed by atoms with E-state index in [4.69, 9.17) is 13.8 Å². The lowest BCUT2D eigenvalue weighted by Gasteiger charge is -2.34. The molecule has 1 saturated carbocycles. The van der Waals surface area contributed by atoms with Crippen LogP contribution in [0, 0.1) is 11.8 Å². The molecule has 2 unspecified atom stereocenters. The highest BCUT2D eigenvalue weighted by molar-refractivity contribution is 7.54. The third-order valence-corrected chi connectivity index (χ3v) is 7.59. The van der Waals surface area contributed by atoms with Crippen molar-refractivity contribution in [3.05, 3.63) is 0 Å². The van der Waals surface area contributed by atoms with Crippen LogP contribution in [-0.2, 0) is 23.1 Å². The Morgan fingerprint density at radius 3 is 2.12 bits per heavy atom. The molecule has 9 nitrogen and oxygen atoms in total.